The SMILES string of the molecule is CCCNC(CS(C)(=O)=O)c1ccc(OC)cc1C. The zero-order valence-corrected chi connectivity index (χ0v) is 12.9. The Bertz CT molecular complexity index is 511. The highest BCUT2D eigenvalue weighted by molar-refractivity contribution is 7.90. The third-order valence-corrected chi connectivity index (χ3v) is 3.90. The monoisotopic (exact) mass is 285 g/mol. The molecule has 1 aromatic rings. The predicted molar refractivity (Wildman–Crippen MR) is 78.5 cm³/mol. The normalized spacial score (nSPS) is 13.3. The van der Waals surface area contributed by atoms with Crippen LogP contribution in [0, 0.1) is 6.92 Å². The van der Waals surface area contributed by atoms with Crippen molar-refractivity contribution in [3.63, 3.8) is 0 Å². The molecule has 19 heavy (non-hydrogen) atoms. The van der Waals surface area contributed by atoms with Crippen molar-refractivity contribution in [3.8, 4) is 5.75 Å². The highest BCUT2D eigenvalue weighted by atomic mass is 32.2. The predicted octanol–water partition coefficient (Wildman–Crippen LogP) is 2.09. The van der Waals surface area contributed by atoms with Gasteiger partial charge in [0.05, 0.1) is 12.9 Å². The van der Waals surface area contributed by atoms with Gasteiger partial charge in [-0.1, -0.05) is 13.0 Å². The molecule has 1 rings (SSSR count). The molecule has 0 spiro atoms. The Hall–Kier alpha value is -1.07. The minimum atomic E-state index is -3.03. The number of nitrogens with one attached hydrogen (secondary N) is 1. The summed E-state index contributed by atoms with van der Waals surface area (Å²) in [7, 11) is -1.41. The maximum absolute atomic E-state index is 11.5. The minimum absolute atomic E-state index is 0.111. The van der Waals surface area contributed by atoms with E-state index in [4.69, 9.17) is 4.74 Å². The van der Waals surface area contributed by atoms with Gasteiger partial charge in [0.25, 0.3) is 0 Å². The van der Waals surface area contributed by atoms with Crippen molar-refractivity contribution in [2.24, 2.45) is 0 Å². The van der Waals surface area contributed by atoms with E-state index >= 15 is 0 Å². The summed E-state index contributed by atoms with van der Waals surface area (Å²) in [4.78, 5) is 0. The van der Waals surface area contributed by atoms with Crippen molar-refractivity contribution in [3.05, 3.63) is 29.3 Å². The van der Waals surface area contributed by atoms with Crippen LogP contribution in [-0.4, -0.2) is 34.1 Å². The molecule has 0 fully saturated rings. The van der Waals surface area contributed by atoms with Crippen LogP contribution in [0.25, 0.3) is 0 Å². The fourth-order valence-electron chi connectivity index (χ4n) is 2.05. The Kier molecular flexibility index (Phi) is 5.82. The van der Waals surface area contributed by atoms with Crippen LogP contribution < -0.4 is 10.1 Å². The van der Waals surface area contributed by atoms with E-state index < -0.39 is 9.84 Å². The summed E-state index contributed by atoms with van der Waals surface area (Å²) in [5.74, 6) is 0.898. The number of sulfone groups is 1. The van der Waals surface area contributed by atoms with Crippen LogP contribution in [0.1, 0.15) is 30.5 Å². The molecule has 0 amide bonds. The fourth-order valence-corrected chi connectivity index (χ4v) is 2.95. The van der Waals surface area contributed by atoms with Gasteiger partial charge in [0.2, 0.25) is 0 Å². The quantitative estimate of drug-likeness (QED) is 0.833. The molecule has 0 aliphatic carbocycles. The van der Waals surface area contributed by atoms with E-state index in [1.807, 2.05) is 25.1 Å². The molecule has 0 aliphatic heterocycles. The number of hydrogen-bond donors (Lipinski definition) is 1. The third-order valence-electron chi connectivity index (χ3n) is 2.96. The number of ether oxygens (including phenoxy) is 1. The second-order valence-corrected chi connectivity index (χ2v) is 7.01. The smallest absolute Gasteiger partial charge is 0.149 e. The first kappa shape index (κ1) is 16.0. The van der Waals surface area contributed by atoms with Crippen LogP contribution in [0.5, 0.6) is 5.75 Å². The van der Waals surface area contributed by atoms with Gasteiger partial charge in [-0.3, -0.25) is 0 Å². The minimum Gasteiger partial charge on any atom is -0.497 e. The summed E-state index contributed by atoms with van der Waals surface area (Å²) in [5, 5.41) is 3.30. The molecule has 1 aromatic carbocycles. The maximum atomic E-state index is 11.5. The van der Waals surface area contributed by atoms with Crippen LogP contribution in [0.3, 0.4) is 0 Å². The van der Waals surface area contributed by atoms with Crippen molar-refractivity contribution in [1.82, 2.24) is 5.32 Å². The molecule has 1 atom stereocenters. The number of rotatable bonds is 7. The lowest BCUT2D eigenvalue weighted by Gasteiger charge is -2.20. The second kappa shape index (κ2) is 6.91. The summed E-state index contributed by atoms with van der Waals surface area (Å²) in [5.41, 5.74) is 2.05. The molecular weight excluding hydrogens is 262 g/mol. The first-order chi connectivity index (χ1) is 8.87. The standard InChI is InChI=1S/C14H23NO3S/c1-5-8-15-14(10-19(4,16)17)13-7-6-12(18-3)9-11(13)2/h6-7,9,14-15H,5,8,10H2,1-4H3. The molecule has 0 aromatic heterocycles. The lowest BCUT2D eigenvalue weighted by atomic mass is 10.0. The Balaban J connectivity index is 3.02. The largest absolute Gasteiger partial charge is 0.497 e. The molecule has 108 valence electrons. The van der Waals surface area contributed by atoms with Crippen molar-refractivity contribution in [2.75, 3.05) is 25.7 Å². The first-order valence-electron chi connectivity index (χ1n) is 6.43. The Morgan fingerprint density at radius 1 is 1.37 bits per heavy atom. The lowest BCUT2D eigenvalue weighted by Crippen LogP contribution is -2.29. The van der Waals surface area contributed by atoms with Gasteiger partial charge in [0, 0.05) is 12.3 Å². The van der Waals surface area contributed by atoms with Crippen LogP contribution in [0.2, 0.25) is 0 Å². The lowest BCUT2D eigenvalue weighted by molar-refractivity contribution is 0.414. The number of aryl methyl sites for hydroxylation is 1. The van der Waals surface area contributed by atoms with Crippen LogP contribution in [0.15, 0.2) is 18.2 Å². The zero-order chi connectivity index (χ0) is 14.5. The first-order valence-corrected chi connectivity index (χ1v) is 8.49. The second-order valence-electron chi connectivity index (χ2n) is 4.82. The van der Waals surface area contributed by atoms with Gasteiger partial charge in [-0.2, -0.15) is 0 Å². The van der Waals surface area contributed by atoms with Gasteiger partial charge in [-0.05, 0) is 43.1 Å². The van der Waals surface area contributed by atoms with E-state index in [9.17, 15) is 8.42 Å². The van der Waals surface area contributed by atoms with Gasteiger partial charge >= 0.3 is 0 Å². The van der Waals surface area contributed by atoms with E-state index in [0.717, 1.165) is 29.8 Å². The average Bonchev–Trinajstić information content (AvgIpc) is 2.33. The van der Waals surface area contributed by atoms with Gasteiger partial charge < -0.3 is 10.1 Å². The molecule has 1 unspecified atom stereocenters. The van der Waals surface area contributed by atoms with Crippen LogP contribution in [-0.2, 0) is 9.84 Å². The molecule has 0 heterocycles. The van der Waals surface area contributed by atoms with E-state index in [-0.39, 0.29) is 11.8 Å². The molecule has 1 N–H and O–H groups in total. The van der Waals surface area contributed by atoms with Crippen LogP contribution >= 0.6 is 0 Å². The molecule has 0 bridgehead atoms. The molecule has 0 radical (unpaired) electrons. The van der Waals surface area contributed by atoms with Gasteiger partial charge in [0.1, 0.15) is 15.6 Å². The summed E-state index contributed by atoms with van der Waals surface area (Å²) in [6, 6.07) is 5.57. The third kappa shape index (κ3) is 5.20. The topological polar surface area (TPSA) is 55.4 Å². The van der Waals surface area contributed by atoms with Gasteiger partial charge in [-0.15, -0.1) is 0 Å². The number of hydrogen-bond acceptors (Lipinski definition) is 4. The molecule has 0 saturated heterocycles. The molecule has 4 nitrogen and oxygen atoms in total. The Morgan fingerprint density at radius 2 is 2.05 bits per heavy atom. The van der Waals surface area contributed by atoms with E-state index in [2.05, 4.69) is 12.2 Å². The van der Waals surface area contributed by atoms with Crippen molar-refractivity contribution < 1.29 is 13.2 Å². The summed E-state index contributed by atoms with van der Waals surface area (Å²) >= 11 is 0. The summed E-state index contributed by atoms with van der Waals surface area (Å²) in [6.07, 6.45) is 2.24. The average molecular weight is 285 g/mol. The van der Waals surface area contributed by atoms with E-state index in [1.54, 1.807) is 7.11 Å². The van der Waals surface area contributed by atoms with Gasteiger partial charge in [0.15, 0.2) is 0 Å². The van der Waals surface area contributed by atoms with E-state index in [1.165, 1.54) is 6.26 Å². The maximum Gasteiger partial charge on any atom is 0.149 e. The van der Waals surface area contributed by atoms with Gasteiger partial charge in [-0.25, -0.2) is 8.42 Å². The Morgan fingerprint density at radius 3 is 2.53 bits per heavy atom. The molecule has 5 heteroatoms. The Labute approximate surface area is 116 Å². The molecule has 0 saturated carbocycles. The molecular formula is C14H23NO3S. The summed E-state index contributed by atoms with van der Waals surface area (Å²) in [6.45, 7) is 4.83. The fraction of sp³-hybridized carbons (Fsp3) is 0.571. The van der Waals surface area contributed by atoms with Crippen molar-refractivity contribution >= 4 is 9.84 Å². The highest BCUT2D eigenvalue weighted by Crippen LogP contribution is 2.23. The van der Waals surface area contributed by atoms with E-state index in [0.29, 0.717) is 0 Å². The van der Waals surface area contributed by atoms with Crippen LogP contribution in [0.4, 0.5) is 0 Å². The molecule has 0 aliphatic rings. The van der Waals surface area contributed by atoms with Crippen molar-refractivity contribution in [1.29, 1.82) is 0 Å². The summed E-state index contributed by atoms with van der Waals surface area (Å²) < 4.78 is 28.3. The number of benzene rings is 1. The highest BCUT2D eigenvalue weighted by Gasteiger charge is 2.18. The van der Waals surface area contributed by atoms with Crippen molar-refractivity contribution in [2.45, 2.75) is 26.3 Å². The number of methoxy groups -OCH3 is 1. The zero-order valence-electron chi connectivity index (χ0n) is 12.1.